The first kappa shape index (κ1) is 24.9. The molecule has 4 aromatic rings. The molecule has 0 saturated carbocycles. The van der Waals surface area contributed by atoms with Crippen LogP contribution in [0, 0.1) is 0 Å². The van der Waals surface area contributed by atoms with Gasteiger partial charge in [0.05, 0.1) is 6.20 Å². The zero-order valence-electron chi connectivity index (χ0n) is 20.1. The van der Waals surface area contributed by atoms with Crippen LogP contribution in [0.1, 0.15) is 52.0 Å². The number of carbonyl (C=O) groups excluding carboxylic acids is 1. The molecule has 0 atom stereocenters. The number of hydrogen-bond acceptors (Lipinski definition) is 6. The minimum Gasteiger partial charge on any atom is -0.483 e. The summed E-state index contributed by atoms with van der Waals surface area (Å²) in [7, 11) is 1.69. The first-order valence-corrected chi connectivity index (χ1v) is 13.3. The molecular formula is C27H29N3O3S2. The van der Waals surface area contributed by atoms with Crippen molar-refractivity contribution in [2.75, 3.05) is 6.54 Å². The molecule has 0 radical (unpaired) electrons. The third kappa shape index (κ3) is 6.07. The maximum Gasteiger partial charge on any atom is 0.278 e. The van der Waals surface area contributed by atoms with Crippen molar-refractivity contribution in [3.05, 3.63) is 103 Å². The van der Waals surface area contributed by atoms with E-state index in [2.05, 4.69) is 40.1 Å². The molecule has 35 heavy (non-hydrogen) atoms. The monoisotopic (exact) mass is 507 g/mol. The Morgan fingerprint density at radius 1 is 1.03 bits per heavy atom. The molecule has 1 aromatic carbocycles. The summed E-state index contributed by atoms with van der Waals surface area (Å²) in [6.45, 7) is 4.68. The van der Waals surface area contributed by atoms with E-state index in [1.54, 1.807) is 34.6 Å². The van der Waals surface area contributed by atoms with Crippen LogP contribution in [0.5, 0.6) is 5.75 Å². The average Bonchev–Trinajstić information content (AvgIpc) is 3.57. The zero-order valence-corrected chi connectivity index (χ0v) is 21.7. The molecule has 0 aliphatic heterocycles. The van der Waals surface area contributed by atoms with Gasteiger partial charge in [-0.3, -0.25) is 14.3 Å². The number of thiophene rings is 2. The maximum absolute atomic E-state index is 13.6. The fourth-order valence-electron chi connectivity index (χ4n) is 3.96. The van der Waals surface area contributed by atoms with Crippen molar-refractivity contribution in [1.29, 1.82) is 0 Å². The first-order valence-electron chi connectivity index (χ1n) is 11.6. The summed E-state index contributed by atoms with van der Waals surface area (Å²) < 4.78 is 7.26. The van der Waals surface area contributed by atoms with Crippen LogP contribution in [0.2, 0.25) is 0 Å². The number of benzene rings is 1. The number of carbonyl (C=O) groups is 1. The summed E-state index contributed by atoms with van der Waals surface area (Å²) in [4.78, 5) is 31.0. The van der Waals surface area contributed by atoms with Crippen molar-refractivity contribution in [3.8, 4) is 5.75 Å². The largest absolute Gasteiger partial charge is 0.483 e. The Bertz CT molecular complexity index is 1250. The molecular weight excluding hydrogens is 478 g/mol. The second kappa shape index (κ2) is 11.5. The van der Waals surface area contributed by atoms with Gasteiger partial charge >= 0.3 is 0 Å². The molecule has 1 amide bonds. The van der Waals surface area contributed by atoms with Gasteiger partial charge in [0.15, 0.2) is 11.4 Å². The molecule has 4 rings (SSSR count). The van der Waals surface area contributed by atoms with Gasteiger partial charge in [-0.1, -0.05) is 42.5 Å². The Labute approximate surface area is 213 Å². The third-order valence-electron chi connectivity index (χ3n) is 5.76. The molecule has 0 saturated heterocycles. The van der Waals surface area contributed by atoms with Crippen LogP contribution in [0.15, 0.2) is 76.3 Å². The van der Waals surface area contributed by atoms with Crippen LogP contribution in [0.4, 0.5) is 0 Å². The topological polar surface area (TPSA) is 64.4 Å². The summed E-state index contributed by atoms with van der Waals surface area (Å²) in [6.07, 6.45) is 2.28. The van der Waals surface area contributed by atoms with Crippen molar-refractivity contribution in [2.24, 2.45) is 7.05 Å². The van der Waals surface area contributed by atoms with E-state index in [1.807, 2.05) is 44.2 Å². The van der Waals surface area contributed by atoms with Crippen molar-refractivity contribution in [3.63, 3.8) is 0 Å². The van der Waals surface area contributed by atoms with E-state index in [-0.39, 0.29) is 35.9 Å². The molecule has 0 bridgehead atoms. The molecule has 0 aliphatic rings. The number of amides is 1. The smallest absolute Gasteiger partial charge is 0.278 e. The highest BCUT2D eigenvalue weighted by Crippen LogP contribution is 2.34. The van der Waals surface area contributed by atoms with Gasteiger partial charge in [-0.15, -0.1) is 22.7 Å². The van der Waals surface area contributed by atoms with E-state index in [4.69, 9.17) is 4.74 Å². The number of nitrogens with zero attached hydrogens (tertiary/aromatic N) is 3. The number of aryl methyl sites for hydroxylation is 1. The Kier molecular flexibility index (Phi) is 8.15. The zero-order chi connectivity index (χ0) is 24.8. The van der Waals surface area contributed by atoms with E-state index in [0.29, 0.717) is 6.54 Å². The standard InChI is InChI=1S/C27H29N3O3S2/c1-19(2)30(14-13-21(23-11-7-15-34-23)24-12-8-16-35-24)27(32)25-26(31)22(17-29(3)28-25)33-18-20-9-5-4-6-10-20/h4-12,15-17,19,21H,13-14,18H2,1-3H3. The van der Waals surface area contributed by atoms with Gasteiger partial charge in [0.25, 0.3) is 11.3 Å². The van der Waals surface area contributed by atoms with Crippen molar-refractivity contribution in [2.45, 2.75) is 38.8 Å². The van der Waals surface area contributed by atoms with Crippen molar-refractivity contribution < 1.29 is 9.53 Å². The van der Waals surface area contributed by atoms with Crippen LogP contribution in [-0.4, -0.2) is 33.2 Å². The molecule has 182 valence electrons. The van der Waals surface area contributed by atoms with Gasteiger partial charge in [-0.25, -0.2) is 0 Å². The lowest BCUT2D eigenvalue weighted by atomic mass is 10.0. The Morgan fingerprint density at radius 2 is 1.69 bits per heavy atom. The van der Waals surface area contributed by atoms with Crippen LogP contribution < -0.4 is 10.2 Å². The summed E-state index contributed by atoms with van der Waals surface area (Å²) in [5.41, 5.74) is 0.342. The Balaban J connectivity index is 1.55. The number of ether oxygens (including phenoxy) is 1. The highest BCUT2D eigenvalue weighted by atomic mass is 32.1. The van der Waals surface area contributed by atoms with E-state index >= 15 is 0 Å². The molecule has 8 heteroatoms. The second-order valence-electron chi connectivity index (χ2n) is 8.58. The van der Waals surface area contributed by atoms with Crippen LogP contribution >= 0.6 is 22.7 Å². The number of rotatable bonds is 10. The van der Waals surface area contributed by atoms with Gasteiger partial charge in [0, 0.05) is 35.3 Å². The molecule has 3 aromatic heterocycles. The van der Waals surface area contributed by atoms with Crippen molar-refractivity contribution in [1.82, 2.24) is 14.7 Å². The maximum atomic E-state index is 13.6. The fraction of sp³-hybridized carbons (Fsp3) is 0.296. The highest BCUT2D eigenvalue weighted by Gasteiger charge is 2.27. The predicted octanol–water partition coefficient (Wildman–Crippen LogP) is 5.56. The lowest BCUT2D eigenvalue weighted by Gasteiger charge is -2.28. The molecule has 3 heterocycles. The van der Waals surface area contributed by atoms with E-state index in [0.717, 1.165) is 12.0 Å². The number of hydrogen-bond donors (Lipinski definition) is 0. The molecule has 6 nitrogen and oxygen atoms in total. The lowest BCUT2D eigenvalue weighted by molar-refractivity contribution is 0.0690. The Hall–Kier alpha value is -3.23. The predicted molar refractivity (Wildman–Crippen MR) is 142 cm³/mol. The van der Waals surface area contributed by atoms with Crippen LogP contribution in [-0.2, 0) is 13.7 Å². The first-order chi connectivity index (χ1) is 16.9. The van der Waals surface area contributed by atoms with E-state index < -0.39 is 5.43 Å². The van der Waals surface area contributed by atoms with E-state index in [9.17, 15) is 9.59 Å². The summed E-state index contributed by atoms with van der Waals surface area (Å²) in [6, 6.07) is 17.9. The summed E-state index contributed by atoms with van der Waals surface area (Å²) in [5, 5.41) is 8.41. The van der Waals surface area contributed by atoms with Gasteiger partial charge in [0.1, 0.15) is 6.61 Å². The van der Waals surface area contributed by atoms with Gasteiger partial charge in [-0.05, 0) is 48.7 Å². The van der Waals surface area contributed by atoms with Gasteiger partial charge in [0.2, 0.25) is 0 Å². The molecule has 0 N–H and O–H groups in total. The van der Waals surface area contributed by atoms with E-state index in [1.165, 1.54) is 20.6 Å². The minimum atomic E-state index is -0.484. The minimum absolute atomic E-state index is 0.0878. The molecule has 0 unspecified atom stereocenters. The van der Waals surface area contributed by atoms with Gasteiger partial charge < -0.3 is 9.64 Å². The Morgan fingerprint density at radius 3 is 2.26 bits per heavy atom. The highest BCUT2D eigenvalue weighted by molar-refractivity contribution is 7.11. The van der Waals surface area contributed by atoms with Crippen LogP contribution in [0.25, 0.3) is 0 Å². The fourth-order valence-corrected chi connectivity index (χ4v) is 5.79. The van der Waals surface area contributed by atoms with Crippen molar-refractivity contribution >= 4 is 28.6 Å². The summed E-state index contributed by atoms with van der Waals surface area (Å²) >= 11 is 3.45. The number of aromatic nitrogens is 2. The summed E-state index contributed by atoms with van der Waals surface area (Å²) in [5.74, 6) is -0.0456. The van der Waals surface area contributed by atoms with Gasteiger partial charge in [-0.2, -0.15) is 5.10 Å². The molecule has 0 spiro atoms. The third-order valence-corrected chi connectivity index (χ3v) is 7.73. The lowest BCUT2D eigenvalue weighted by Crippen LogP contribution is -2.41. The SMILES string of the molecule is CC(C)N(CCC(c1cccs1)c1cccs1)C(=O)c1nn(C)cc(OCc2ccccc2)c1=O. The van der Waals surface area contributed by atoms with Crippen LogP contribution in [0.3, 0.4) is 0 Å². The molecule has 0 fully saturated rings. The normalized spacial score (nSPS) is 11.2. The second-order valence-corrected chi connectivity index (χ2v) is 10.5. The quantitative estimate of drug-likeness (QED) is 0.282. The average molecular weight is 508 g/mol. The molecule has 0 aliphatic carbocycles.